The number of hydrogen-bond donors (Lipinski definition) is 3. The minimum atomic E-state index is -1.31. The lowest BCUT2D eigenvalue weighted by molar-refractivity contribution is -0.384. The molecule has 0 unspecified atom stereocenters. The van der Waals surface area contributed by atoms with Gasteiger partial charge < -0.3 is 24.6 Å². The van der Waals surface area contributed by atoms with E-state index in [4.69, 9.17) is 4.74 Å². The maximum Gasteiger partial charge on any atom is 0.270 e. The molecule has 3 N–H and O–H groups in total. The van der Waals surface area contributed by atoms with Crippen LogP contribution in [0.3, 0.4) is 0 Å². The van der Waals surface area contributed by atoms with Gasteiger partial charge in [0.25, 0.3) is 5.69 Å². The van der Waals surface area contributed by atoms with Crippen molar-refractivity contribution in [2.75, 3.05) is 6.61 Å². The molecule has 8 heteroatoms. The SMILES string of the molecule is O=[N+]([O-])c1ccc2c(ccn2[C@@H]2OC[C@@H](O)[C@@H](O)[C@@H]2O)c1. The molecule has 4 atom stereocenters. The van der Waals surface area contributed by atoms with Crippen molar-refractivity contribution in [3.63, 3.8) is 0 Å². The van der Waals surface area contributed by atoms with Crippen LogP contribution in [0.2, 0.25) is 0 Å². The molecule has 8 nitrogen and oxygen atoms in total. The molecule has 1 saturated heterocycles. The van der Waals surface area contributed by atoms with E-state index in [1.54, 1.807) is 22.9 Å². The van der Waals surface area contributed by atoms with Crippen LogP contribution in [0.5, 0.6) is 0 Å². The van der Waals surface area contributed by atoms with Crippen molar-refractivity contribution in [2.45, 2.75) is 24.5 Å². The lowest BCUT2D eigenvalue weighted by atomic mass is 10.0. The van der Waals surface area contributed by atoms with E-state index >= 15 is 0 Å². The summed E-state index contributed by atoms with van der Waals surface area (Å²) in [4.78, 5) is 10.3. The third-order valence-electron chi connectivity index (χ3n) is 3.66. The largest absolute Gasteiger partial charge is 0.388 e. The summed E-state index contributed by atoms with van der Waals surface area (Å²) in [5.41, 5.74) is 0.606. The highest BCUT2D eigenvalue weighted by atomic mass is 16.6. The molecule has 0 amide bonds. The molecule has 1 aromatic carbocycles. The van der Waals surface area contributed by atoms with E-state index in [1.807, 2.05) is 0 Å². The van der Waals surface area contributed by atoms with Gasteiger partial charge in [0.2, 0.25) is 0 Å². The zero-order valence-electron chi connectivity index (χ0n) is 10.9. The van der Waals surface area contributed by atoms with Gasteiger partial charge in [-0.3, -0.25) is 10.1 Å². The van der Waals surface area contributed by atoms with Crippen LogP contribution >= 0.6 is 0 Å². The van der Waals surface area contributed by atoms with Crippen LogP contribution in [-0.2, 0) is 4.74 Å². The van der Waals surface area contributed by atoms with Gasteiger partial charge >= 0.3 is 0 Å². The summed E-state index contributed by atoms with van der Waals surface area (Å²) in [5, 5.41) is 40.6. The van der Waals surface area contributed by atoms with E-state index < -0.39 is 29.5 Å². The Bertz CT molecular complexity index is 684. The Labute approximate surface area is 119 Å². The smallest absolute Gasteiger partial charge is 0.270 e. The van der Waals surface area contributed by atoms with Gasteiger partial charge in [0.1, 0.15) is 18.3 Å². The first-order valence-corrected chi connectivity index (χ1v) is 6.40. The molecule has 0 saturated carbocycles. The van der Waals surface area contributed by atoms with Gasteiger partial charge in [0, 0.05) is 23.7 Å². The number of aromatic nitrogens is 1. The lowest BCUT2D eigenvalue weighted by Gasteiger charge is -2.36. The van der Waals surface area contributed by atoms with E-state index in [0.29, 0.717) is 10.9 Å². The molecule has 0 aliphatic carbocycles. The summed E-state index contributed by atoms with van der Waals surface area (Å²) < 4.78 is 6.95. The molecule has 1 aliphatic heterocycles. The van der Waals surface area contributed by atoms with Crippen molar-refractivity contribution >= 4 is 16.6 Å². The monoisotopic (exact) mass is 294 g/mol. The molecule has 21 heavy (non-hydrogen) atoms. The molecular formula is C13H14N2O6. The van der Waals surface area contributed by atoms with Crippen LogP contribution in [0.4, 0.5) is 5.69 Å². The number of aliphatic hydroxyl groups is 3. The maximum atomic E-state index is 10.8. The van der Waals surface area contributed by atoms with Crippen molar-refractivity contribution in [2.24, 2.45) is 0 Å². The van der Waals surface area contributed by atoms with Gasteiger partial charge in [0.05, 0.1) is 17.0 Å². The molecule has 1 aliphatic rings. The van der Waals surface area contributed by atoms with E-state index in [2.05, 4.69) is 0 Å². The number of rotatable bonds is 2. The fourth-order valence-electron chi connectivity index (χ4n) is 2.52. The highest BCUT2D eigenvalue weighted by Crippen LogP contribution is 2.30. The zero-order chi connectivity index (χ0) is 15.1. The quantitative estimate of drug-likeness (QED) is 0.536. The van der Waals surface area contributed by atoms with Crippen LogP contribution in [0.25, 0.3) is 10.9 Å². The van der Waals surface area contributed by atoms with Crippen LogP contribution in [0.1, 0.15) is 6.23 Å². The average Bonchev–Trinajstić information content (AvgIpc) is 2.88. The molecule has 2 aromatic rings. The Morgan fingerprint density at radius 1 is 1.24 bits per heavy atom. The highest BCUT2D eigenvalue weighted by Gasteiger charge is 2.38. The molecule has 1 fully saturated rings. The fourth-order valence-corrected chi connectivity index (χ4v) is 2.52. The van der Waals surface area contributed by atoms with Crippen molar-refractivity contribution in [3.8, 4) is 0 Å². The lowest BCUT2D eigenvalue weighted by Crippen LogP contribution is -2.50. The van der Waals surface area contributed by atoms with Crippen LogP contribution in [-0.4, -0.2) is 49.7 Å². The predicted molar refractivity (Wildman–Crippen MR) is 71.6 cm³/mol. The third-order valence-corrected chi connectivity index (χ3v) is 3.66. The van der Waals surface area contributed by atoms with E-state index in [0.717, 1.165) is 0 Å². The summed E-state index contributed by atoms with van der Waals surface area (Å²) in [6, 6.07) is 6.00. The number of hydrogen-bond acceptors (Lipinski definition) is 6. The van der Waals surface area contributed by atoms with Crippen LogP contribution < -0.4 is 0 Å². The van der Waals surface area contributed by atoms with Crippen molar-refractivity contribution in [3.05, 3.63) is 40.6 Å². The van der Waals surface area contributed by atoms with Gasteiger partial charge in [-0.2, -0.15) is 0 Å². The number of aliphatic hydroxyl groups excluding tert-OH is 3. The summed E-state index contributed by atoms with van der Waals surface area (Å²) in [5.74, 6) is 0. The average molecular weight is 294 g/mol. The normalized spacial score (nSPS) is 29.7. The van der Waals surface area contributed by atoms with Gasteiger partial charge in [-0.1, -0.05) is 0 Å². The van der Waals surface area contributed by atoms with Gasteiger partial charge in [-0.25, -0.2) is 0 Å². The number of benzene rings is 1. The number of nitro groups is 1. The molecule has 0 radical (unpaired) electrons. The van der Waals surface area contributed by atoms with Crippen molar-refractivity contribution in [1.82, 2.24) is 4.57 Å². The zero-order valence-corrected chi connectivity index (χ0v) is 10.9. The van der Waals surface area contributed by atoms with Gasteiger partial charge in [-0.05, 0) is 12.1 Å². The Morgan fingerprint density at radius 2 is 2.00 bits per heavy atom. The van der Waals surface area contributed by atoms with Crippen molar-refractivity contribution in [1.29, 1.82) is 0 Å². The second kappa shape index (κ2) is 5.08. The second-order valence-corrected chi connectivity index (χ2v) is 5.00. The minimum Gasteiger partial charge on any atom is -0.388 e. The van der Waals surface area contributed by atoms with Crippen LogP contribution in [0.15, 0.2) is 30.5 Å². The standard InChI is InChI=1S/C13H14N2O6/c16-10-6-21-13(12(18)11(10)17)14-4-3-7-5-8(15(19)20)1-2-9(7)14/h1-5,10-13,16-18H,6H2/t10-,11-,12+,13-/m1/s1. The van der Waals surface area contributed by atoms with Crippen LogP contribution in [0, 0.1) is 10.1 Å². The number of ether oxygens (including phenoxy) is 1. The maximum absolute atomic E-state index is 10.8. The van der Waals surface area contributed by atoms with Crippen molar-refractivity contribution < 1.29 is 25.0 Å². The third kappa shape index (κ3) is 2.28. The summed E-state index contributed by atoms with van der Waals surface area (Å²) >= 11 is 0. The first-order chi connectivity index (χ1) is 9.99. The molecule has 0 bridgehead atoms. The molecule has 112 valence electrons. The van der Waals surface area contributed by atoms with E-state index in [1.165, 1.54) is 12.1 Å². The topological polar surface area (TPSA) is 118 Å². The fraction of sp³-hybridized carbons (Fsp3) is 0.385. The van der Waals surface area contributed by atoms with Gasteiger partial charge in [-0.15, -0.1) is 0 Å². The highest BCUT2D eigenvalue weighted by molar-refractivity contribution is 5.82. The summed E-state index contributed by atoms with van der Waals surface area (Å²) in [7, 11) is 0. The minimum absolute atomic E-state index is 0.0270. The Hall–Kier alpha value is -2.00. The Morgan fingerprint density at radius 3 is 2.71 bits per heavy atom. The Kier molecular flexibility index (Phi) is 3.38. The number of nitro benzene ring substituents is 1. The molecular weight excluding hydrogens is 280 g/mol. The number of nitrogens with zero attached hydrogens (tertiary/aromatic N) is 2. The number of fused-ring (bicyclic) bond motifs is 1. The number of non-ortho nitro benzene ring substituents is 1. The van der Waals surface area contributed by atoms with Gasteiger partial charge in [0.15, 0.2) is 6.23 Å². The van der Waals surface area contributed by atoms with E-state index in [9.17, 15) is 25.4 Å². The molecule has 0 spiro atoms. The Balaban J connectivity index is 1.99. The first-order valence-electron chi connectivity index (χ1n) is 6.40. The van der Waals surface area contributed by atoms with E-state index in [-0.39, 0.29) is 12.3 Å². The summed E-state index contributed by atoms with van der Waals surface area (Å²) in [6.45, 7) is -0.102. The summed E-state index contributed by atoms with van der Waals surface area (Å²) in [6.07, 6.45) is -2.98. The second-order valence-electron chi connectivity index (χ2n) is 5.00. The predicted octanol–water partition coefficient (Wildman–Crippen LogP) is 0.161. The molecule has 3 rings (SSSR count). The molecule has 2 heterocycles. The molecule has 1 aromatic heterocycles. The first kappa shape index (κ1) is 14.0.